The van der Waals surface area contributed by atoms with Crippen molar-refractivity contribution in [3.05, 3.63) is 95.8 Å². The van der Waals surface area contributed by atoms with Crippen LogP contribution in [0.3, 0.4) is 0 Å². The number of carbonyl (C=O) groups is 1. The Morgan fingerprint density at radius 3 is 2.19 bits per heavy atom. The first-order valence-corrected chi connectivity index (χ1v) is 9.10. The van der Waals surface area contributed by atoms with Gasteiger partial charge in [-0.15, -0.1) is 0 Å². The van der Waals surface area contributed by atoms with Crippen LogP contribution in [0, 0.1) is 0 Å². The van der Waals surface area contributed by atoms with Crippen LogP contribution in [-0.4, -0.2) is 13.0 Å². The van der Waals surface area contributed by atoms with Crippen LogP contribution in [0.15, 0.2) is 79.1 Å². The van der Waals surface area contributed by atoms with Gasteiger partial charge in [-0.2, -0.15) is 4.57 Å². The SMILES string of the molecule is COc1ccc(CNC(=O)[C@@H](C)[n+]2ccc(Cc3ccccc3)cc2)cc1. The molecule has 0 fully saturated rings. The molecule has 0 spiro atoms. The first kappa shape index (κ1) is 18.6. The summed E-state index contributed by atoms with van der Waals surface area (Å²) in [6.45, 7) is 2.40. The van der Waals surface area contributed by atoms with Gasteiger partial charge in [0.15, 0.2) is 12.4 Å². The van der Waals surface area contributed by atoms with E-state index >= 15 is 0 Å². The summed E-state index contributed by atoms with van der Waals surface area (Å²) in [5.74, 6) is 0.802. The van der Waals surface area contributed by atoms with Crippen molar-refractivity contribution in [2.75, 3.05) is 7.11 Å². The van der Waals surface area contributed by atoms with E-state index in [0.717, 1.165) is 17.7 Å². The Kier molecular flexibility index (Phi) is 6.21. The minimum atomic E-state index is -0.269. The predicted octanol–water partition coefficient (Wildman–Crippen LogP) is 3.45. The third-order valence-corrected chi connectivity index (χ3v) is 4.63. The fraction of sp³-hybridized carbons (Fsp3) is 0.217. The van der Waals surface area contributed by atoms with Gasteiger partial charge in [0.1, 0.15) is 5.75 Å². The standard InChI is InChI=1S/C23H24N2O2/c1-18(23(26)24-17-21-8-10-22(27-2)11-9-21)25-14-12-20(13-15-25)16-19-6-4-3-5-7-19/h3-15,18H,16-17H2,1-2H3/p+1/t18-/m1/s1. The molecule has 4 heteroatoms. The van der Waals surface area contributed by atoms with Crippen molar-refractivity contribution in [3.8, 4) is 5.75 Å². The molecule has 1 amide bonds. The Labute approximate surface area is 160 Å². The maximum absolute atomic E-state index is 12.5. The summed E-state index contributed by atoms with van der Waals surface area (Å²) in [5.41, 5.74) is 3.54. The summed E-state index contributed by atoms with van der Waals surface area (Å²) in [5, 5.41) is 2.99. The van der Waals surface area contributed by atoms with Gasteiger partial charge in [0.25, 0.3) is 5.91 Å². The Morgan fingerprint density at radius 2 is 1.56 bits per heavy atom. The fourth-order valence-corrected chi connectivity index (χ4v) is 2.89. The van der Waals surface area contributed by atoms with Gasteiger partial charge >= 0.3 is 0 Å². The second-order valence-electron chi connectivity index (χ2n) is 6.56. The van der Waals surface area contributed by atoms with Gasteiger partial charge in [0.2, 0.25) is 6.04 Å². The Hall–Kier alpha value is -3.14. The lowest BCUT2D eigenvalue weighted by molar-refractivity contribution is -0.706. The number of pyridine rings is 1. The zero-order valence-corrected chi connectivity index (χ0v) is 15.8. The highest BCUT2D eigenvalue weighted by molar-refractivity contribution is 5.78. The molecule has 1 aromatic heterocycles. The van der Waals surface area contributed by atoms with Gasteiger partial charge in [-0.25, -0.2) is 0 Å². The number of amides is 1. The molecule has 4 nitrogen and oxygen atoms in total. The quantitative estimate of drug-likeness (QED) is 0.655. The molecule has 0 aliphatic rings. The average molecular weight is 361 g/mol. The summed E-state index contributed by atoms with van der Waals surface area (Å²) in [6.07, 6.45) is 4.82. The van der Waals surface area contributed by atoms with Crippen LogP contribution in [0.1, 0.15) is 29.7 Å². The molecule has 0 radical (unpaired) electrons. The third-order valence-electron chi connectivity index (χ3n) is 4.63. The maximum Gasteiger partial charge on any atom is 0.289 e. The van der Waals surface area contributed by atoms with Gasteiger partial charge in [-0.3, -0.25) is 4.79 Å². The molecular formula is C23H25N2O2+. The first-order valence-electron chi connectivity index (χ1n) is 9.10. The van der Waals surface area contributed by atoms with E-state index in [0.29, 0.717) is 6.54 Å². The number of carbonyl (C=O) groups excluding carboxylic acids is 1. The van der Waals surface area contributed by atoms with Gasteiger partial charge in [-0.05, 0) is 35.2 Å². The molecule has 0 saturated heterocycles. The molecule has 27 heavy (non-hydrogen) atoms. The summed E-state index contributed by atoms with van der Waals surface area (Å²) in [6, 6.07) is 21.9. The molecule has 1 N–H and O–H groups in total. The number of nitrogens with zero attached hydrogens (tertiary/aromatic N) is 1. The second kappa shape index (κ2) is 8.99. The third kappa shape index (κ3) is 5.17. The molecule has 2 aromatic carbocycles. The highest BCUT2D eigenvalue weighted by atomic mass is 16.5. The number of ether oxygens (including phenoxy) is 1. The largest absolute Gasteiger partial charge is 0.497 e. The highest BCUT2D eigenvalue weighted by Gasteiger charge is 2.21. The summed E-state index contributed by atoms with van der Waals surface area (Å²) >= 11 is 0. The van der Waals surface area contributed by atoms with Crippen LogP contribution in [0.2, 0.25) is 0 Å². The average Bonchev–Trinajstić information content (AvgIpc) is 2.73. The van der Waals surface area contributed by atoms with Crippen molar-refractivity contribution >= 4 is 5.91 Å². The van der Waals surface area contributed by atoms with Crippen molar-refractivity contribution in [1.82, 2.24) is 5.32 Å². The smallest absolute Gasteiger partial charge is 0.289 e. The zero-order chi connectivity index (χ0) is 19.1. The molecule has 0 aliphatic heterocycles. The van der Waals surface area contributed by atoms with E-state index in [1.807, 2.05) is 66.3 Å². The van der Waals surface area contributed by atoms with E-state index in [-0.39, 0.29) is 11.9 Å². The number of rotatable bonds is 7. The number of aromatic nitrogens is 1. The first-order chi connectivity index (χ1) is 13.2. The van der Waals surface area contributed by atoms with E-state index in [4.69, 9.17) is 4.74 Å². The summed E-state index contributed by atoms with van der Waals surface area (Å²) in [7, 11) is 1.64. The number of nitrogens with one attached hydrogen (secondary N) is 1. The van der Waals surface area contributed by atoms with Crippen molar-refractivity contribution in [1.29, 1.82) is 0 Å². The van der Waals surface area contributed by atoms with E-state index < -0.39 is 0 Å². The van der Waals surface area contributed by atoms with Gasteiger partial charge in [0, 0.05) is 25.6 Å². The molecule has 138 valence electrons. The second-order valence-corrected chi connectivity index (χ2v) is 6.56. The van der Waals surface area contributed by atoms with Crippen LogP contribution in [0.5, 0.6) is 5.75 Å². The molecule has 0 aliphatic carbocycles. The lowest BCUT2D eigenvalue weighted by Gasteiger charge is -2.10. The fourth-order valence-electron chi connectivity index (χ4n) is 2.89. The molecular weight excluding hydrogens is 336 g/mol. The van der Waals surface area contributed by atoms with E-state index in [1.54, 1.807) is 7.11 Å². The Balaban J connectivity index is 1.55. The molecule has 1 atom stereocenters. The molecule has 0 bridgehead atoms. The molecule has 0 unspecified atom stereocenters. The lowest BCUT2D eigenvalue weighted by atomic mass is 10.1. The minimum Gasteiger partial charge on any atom is -0.497 e. The van der Waals surface area contributed by atoms with Crippen LogP contribution >= 0.6 is 0 Å². The Bertz CT molecular complexity index is 859. The zero-order valence-electron chi connectivity index (χ0n) is 15.8. The minimum absolute atomic E-state index is 0.00775. The van der Waals surface area contributed by atoms with Crippen molar-refractivity contribution in [2.24, 2.45) is 0 Å². The summed E-state index contributed by atoms with van der Waals surface area (Å²) in [4.78, 5) is 12.5. The number of hydrogen-bond acceptors (Lipinski definition) is 2. The van der Waals surface area contributed by atoms with Crippen molar-refractivity contribution < 1.29 is 14.1 Å². The van der Waals surface area contributed by atoms with Gasteiger partial charge in [0.05, 0.1) is 7.11 Å². The van der Waals surface area contributed by atoms with E-state index in [1.165, 1.54) is 11.1 Å². The van der Waals surface area contributed by atoms with Crippen molar-refractivity contribution in [2.45, 2.75) is 25.9 Å². The highest BCUT2D eigenvalue weighted by Crippen LogP contribution is 2.11. The van der Waals surface area contributed by atoms with Crippen LogP contribution in [0.4, 0.5) is 0 Å². The summed E-state index contributed by atoms with van der Waals surface area (Å²) < 4.78 is 7.08. The predicted molar refractivity (Wildman–Crippen MR) is 105 cm³/mol. The topological polar surface area (TPSA) is 42.2 Å². The van der Waals surface area contributed by atoms with Crippen LogP contribution < -0.4 is 14.6 Å². The molecule has 3 rings (SSSR count). The van der Waals surface area contributed by atoms with E-state index in [2.05, 4.69) is 29.6 Å². The molecule has 0 saturated carbocycles. The Morgan fingerprint density at radius 1 is 0.926 bits per heavy atom. The van der Waals surface area contributed by atoms with Crippen molar-refractivity contribution in [3.63, 3.8) is 0 Å². The normalized spacial score (nSPS) is 11.6. The van der Waals surface area contributed by atoms with E-state index in [9.17, 15) is 4.79 Å². The van der Waals surface area contributed by atoms with Gasteiger partial charge < -0.3 is 10.1 Å². The lowest BCUT2D eigenvalue weighted by Crippen LogP contribution is -2.46. The number of hydrogen-bond donors (Lipinski definition) is 1. The van der Waals surface area contributed by atoms with Gasteiger partial charge in [-0.1, -0.05) is 42.5 Å². The molecule has 3 aromatic rings. The monoisotopic (exact) mass is 361 g/mol. The molecule has 1 heterocycles. The number of methoxy groups -OCH3 is 1. The number of benzene rings is 2. The van der Waals surface area contributed by atoms with Crippen LogP contribution in [0.25, 0.3) is 0 Å². The van der Waals surface area contributed by atoms with Crippen LogP contribution in [-0.2, 0) is 17.8 Å². The maximum atomic E-state index is 12.5.